The van der Waals surface area contributed by atoms with Crippen molar-refractivity contribution < 1.29 is 22.7 Å². The summed E-state index contributed by atoms with van der Waals surface area (Å²) in [5.74, 6) is -3.46. The van der Waals surface area contributed by atoms with Gasteiger partial charge < -0.3 is 4.74 Å². The molecule has 0 aliphatic rings. The second-order valence-corrected chi connectivity index (χ2v) is 3.86. The van der Waals surface area contributed by atoms with Gasteiger partial charge in [0.2, 0.25) is 0 Å². The van der Waals surface area contributed by atoms with Crippen LogP contribution in [0.1, 0.15) is 0 Å². The number of halogens is 3. The molecule has 6 heteroatoms. The van der Waals surface area contributed by atoms with Crippen LogP contribution in [0.5, 0.6) is 0 Å². The Morgan fingerprint density at radius 3 is 2.10 bits per heavy atom. The molecule has 1 amide bonds. The van der Waals surface area contributed by atoms with Crippen LogP contribution in [0.25, 0.3) is 0 Å². The van der Waals surface area contributed by atoms with Crippen LogP contribution in [0.15, 0.2) is 42.5 Å². The first-order chi connectivity index (χ1) is 9.54. The molecule has 104 valence electrons. The average Bonchev–Trinajstić information content (AvgIpc) is 2.42. The number of anilines is 2. The molecule has 0 aliphatic carbocycles. The average molecular weight is 281 g/mol. The zero-order valence-electron chi connectivity index (χ0n) is 10.4. The fraction of sp³-hybridized carbons (Fsp3) is 0.0714. The van der Waals surface area contributed by atoms with Crippen molar-refractivity contribution >= 4 is 17.5 Å². The van der Waals surface area contributed by atoms with Crippen molar-refractivity contribution in [2.45, 2.75) is 0 Å². The Morgan fingerprint density at radius 1 is 1.05 bits per heavy atom. The number of nitrogens with zero attached hydrogens (tertiary/aromatic N) is 1. The number of amides is 1. The van der Waals surface area contributed by atoms with E-state index in [0.29, 0.717) is 17.0 Å². The molecular weight excluding hydrogens is 271 g/mol. The number of rotatable bonds is 2. The lowest BCUT2D eigenvalue weighted by Crippen LogP contribution is -2.27. The van der Waals surface area contributed by atoms with Crippen LogP contribution < -0.4 is 4.90 Å². The van der Waals surface area contributed by atoms with E-state index in [4.69, 9.17) is 0 Å². The topological polar surface area (TPSA) is 29.5 Å². The number of carbonyl (C=O) groups excluding carboxylic acids is 1. The number of hydrogen-bond acceptors (Lipinski definition) is 2. The second-order valence-electron chi connectivity index (χ2n) is 3.86. The third-order valence-corrected chi connectivity index (χ3v) is 2.58. The second kappa shape index (κ2) is 5.64. The summed E-state index contributed by atoms with van der Waals surface area (Å²) >= 11 is 0. The zero-order valence-corrected chi connectivity index (χ0v) is 10.4. The van der Waals surface area contributed by atoms with Crippen LogP contribution in [0.3, 0.4) is 0 Å². The molecule has 3 nitrogen and oxygen atoms in total. The van der Waals surface area contributed by atoms with Crippen LogP contribution in [-0.2, 0) is 4.74 Å². The van der Waals surface area contributed by atoms with Crippen molar-refractivity contribution in [3.63, 3.8) is 0 Å². The highest BCUT2D eigenvalue weighted by molar-refractivity contribution is 5.96. The molecule has 0 aromatic heterocycles. The third kappa shape index (κ3) is 2.59. The first kappa shape index (κ1) is 13.9. The number of ether oxygens (including phenoxy) is 1. The molecule has 0 fully saturated rings. The van der Waals surface area contributed by atoms with Gasteiger partial charge in [0.05, 0.1) is 12.8 Å². The van der Waals surface area contributed by atoms with E-state index in [1.54, 1.807) is 18.2 Å². The van der Waals surface area contributed by atoms with Crippen LogP contribution in [0, 0.1) is 17.5 Å². The maximum atomic E-state index is 13.8. The van der Waals surface area contributed by atoms with Crippen molar-refractivity contribution in [3.8, 4) is 0 Å². The minimum atomic E-state index is -1.20. The van der Waals surface area contributed by atoms with E-state index in [-0.39, 0.29) is 5.69 Å². The van der Waals surface area contributed by atoms with Gasteiger partial charge in [0, 0.05) is 12.1 Å². The van der Waals surface area contributed by atoms with E-state index in [1.165, 1.54) is 12.1 Å². The van der Waals surface area contributed by atoms with Gasteiger partial charge >= 0.3 is 6.09 Å². The van der Waals surface area contributed by atoms with Gasteiger partial charge in [-0.15, -0.1) is 0 Å². The predicted octanol–water partition coefficient (Wildman–Crippen LogP) is 4.01. The fourth-order valence-electron chi connectivity index (χ4n) is 1.74. The third-order valence-electron chi connectivity index (χ3n) is 2.58. The Morgan fingerprint density at radius 2 is 1.60 bits per heavy atom. The maximum Gasteiger partial charge on any atom is 0.418 e. The minimum Gasteiger partial charge on any atom is -0.452 e. The van der Waals surface area contributed by atoms with Crippen molar-refractivity contribution in [3.05, 3.63) is 59.9 Å². The molecule has 0 heterocycles. The van der Waals surface area contributed by atoms with E-state index < -0.39 is 29.2 Å². The Balaban J connectivity index is 2.62. The van der Waals surface area contributed by atoms with E-state index in [9.17, 15) is 18.0 Å². The predicted molar refractivity (Wildman–Crippen MR) is 67.3 cm³/mol. The summed E-state index contributed by atoms with van der Waals surface area (Å²) in [6.45, 7) is 0. The largest absolute Gasteiger partial charge is 0.452 e. The number of para-hydroxylation sites is 1. The number of benzene rings is 2. The van der Waals surface area contributed by atoms with Gasteiger partial charge in [-0.25, -0.2) is 22.9 Å². The standard InChI is InChI=1S/C14H10F3NO2/c1-20-14(19)18(10-5-3-2-4-6-10)13-11(16)7-9(15)8-12(13)17/h2-8H,1H3. The molecular formula is C14H10F3NO2. The summed E-state index contributed by atoms with van der Waals surface area (Å²) in [5.41, 5.74) is -0.492. The van der Waals surface area contributed by atoms with Gasteiger partial charge in [0.1, 0.15) is 11.5 Å². The normalized spacial score (nSPS) is 10.2. The first-order valence-electron chi connectivity index (χ1n) is 5.62. The molecule has 2 aromatic rings. The van der Waals surface area contributed by atoms with Crippen LogP contribution in [0.2, 0.25) is 0 Å². The van der Waals surface area contributed by atoms with E-state index in [2.05, 4.69) is 4.74 Å². The molecule has 2 rings (SSSR count). The SMILES string of the molecule is COC(=O)N(c1ccccc1)c1c(F)cc(F)cc1F. The molecule has 0 saturated heterocycles. The van der Waals surface area contributed by atoms with Gasteiger partial charge in [-0.3, -0.25) is 0 Å². The lowest BCUT2D eigenvalue weighted by molar-refractivity contribution is 0.181. The molecule has 0 N–H and O–H groups in total. The molecule has 0 spiro atoms. The van der Waals surface area contributed by atoms with Crippen molar-refractivity contribution in [2.24, 2.45) is 0 Å². The quantitative estimate of drug-likeness (QED) is 0.832. The van der Waals surface area contributed by atoms with E-state index in [1.807, 2.05) is 0 Å². The van der Waals surface area contributed by atoms with Gasteiger partial charge in [-0.1, -0.05) is 18.2 Å². The molecule has 0 atom stereocenters. The monoisotopic (exact) mass is 281 g/mol. The molecule has 0 aliphatic heterocycles. The van der Waals surface area contributed by atoms with Crippen LogP contribution >= 0.6 is 0 Å². The summed E-state index contributed by atoms with van der Waals surface area (Å²) in [4.78, 5) is 12.5. The van der Waals surface area contributed by atoms with Crippen LogP contribution in [0.4, 0.5) is 29.3 Å². The molecule has 20 heavy (non-hydrogen) atoms. The Kier molecular flexibility index (Phi) is 3.93. The van der Waals surface area contributed by atoms with Crippen molar-refractivity contribution in [2.75, 3.05) is 12.0 Å². The zero-order chi connectivity index (χ0) is 14.7. The highest BCUT2D eigenvalue weighted by Gasteiger charge is 2.26. The summed E-state index contributed by atoms with van der Waals surface area (Å²) in [6, 6.07) is 8.79. The highest BCUT2D eigenvalue weighted by Crippen LogP contribution is 2.31. The lowest BCUT2D eigenvalue weighted by Gasteiger charge is -2.22. The first-order valence-corrected chi connectivity index (χ1v) is 5.62. The number of carbonyl (C=O) groups is 1. The minimum absolute atomic E-state index is 0.198. The maximum absolute atomic E-state index is 13.8. The van der Waals surface area contributed by atoms with Gasteiger partial charge in [-0.05, 0) is 12.1 Å². The van der Waals surface area contributed by atoms with Crippen molar-refractivity contribution in [1.82, 2.24) is 0 Å². The fourth-order valence-corrected chi connectivity index (χ4v) is 1.74. The number of hydrogen-bond donors (Lipinski definition) is 0. The summed E-state index contributed by atoms with van der Waals surface area (Å²) < 4.78 is 45.1. The Bertz CT molecular complexity index is 609. The molecule has 0 saturated carbocycles. The van der Waals surface area contributed by atoms with E-state index >= 15 is 0 Å². The van der Waals surface area contributed by atoms with Gasteiger partial charge in [-0.2, -0.15) is 0 Å². The summed E-state index contributed by atoms with van der Waals surface area (Å²) in [7, 11) is 1.08. The Labute approximate surface area is 113 Å². The Hall–Kier alpha value is -2.50. The molecule has 0 bridgehead atoms. The van der Waals surface area contributed by atoms with Gasteiger partial charge in [0.15, 0.2) is 11.6 Å². The smallest absolute Gasteiger partial charge is 0.418 e. The van der Waals surface area contributed by atoms with Crippen molar-refractivity contribution in [1.29, 1.82) is 0 Å². The summed E-state index contributed by atoms with van der Waals surface area (Å²) in [6.07, 6.45) is -0.986. The van der Waals surface area contributed by atoms with Crippen LogP contribution in [-0.4, -0.2) is 13.2 Å². The summed E-state index contributed by atoms with van der Waals surface area (Å²) in [5, 5.41) is 0. The molecule has 2 aromatic carbocycles. The molecule has 0 radical (unpaired) electrons. The highest BCUT2D eigenvalue weighted by atomic mass is 19.1. The lowest BCUT2D eigenvalue weighted by atomic mass is 10.2. The molecule has 0 unspecified atom stereocenters. The van der Waals surface area contributed by atoms with E-state index in [0.717, 1.165) is 7.11 Å². The van der Waals surface area contributed by atoms with Gasteiger partial charge in [0.25, 0.3) is 0 Å². The number of methoxy groups -OCH3 is 1.